The molecule has 22 heavy (non-hydrogen) atoms. The van der Waals surface area contributed by atoms with Crippen LogP contribution in [0.3, 0.4) is 0 Å². The normalized spacial score (nSPS) is 16.8. The van der Waals surface area contributed by atoms with Gasteiger partial charge in [-0.2, -0.15) is 0 Å². The third-order valence-corrected chi connectivity index (χ3v) is 4.59. The first kappa shape index (κ1) is 14.7. The molecule has 0 unspecified atom stereocenters. The molecule has 6 heteroatoms. The van der Waals surface area contributed by atoms with Crippen molar-refractivity contribution in [1.29, 1.82) is 0 Å². The summed E-state index contributed by atoms with van der Waals surface area (Å²) in [6.45, 7) is 2.36. The van der Waals surface area contributed by atoms with E-state index in [0.29, 0.717) is 24.2 Å². The van der Waals surface area contributed by atoms with Crippen LogP contribution in [0.4, 0.5) is 5.69 Å². The molecule has 1 aliphatic heterocycles. The summed E-state index contributed by atoms with van der Waals surface area (Å²) in [5.74, 6) is 0.642. The molecule has 2 N–H and O–H groups in total. The fourth-order valence-electron chi connectivity index (χ4n) is 2.21. The van der Waals surface area contributed by atoms with Gasteiger partial charge in [0.2, 0.25) is 5.91 Å². The van der Waals surface area contributed by atoms with E-state index >= 15 is 0 Å². The van der Waals surface area contributed by atoms with E-state index in [2.05, 4.69) is 10.6 Å². The summed E-state index contributed by atoms with van der Waals surface area (Å²) in [5.41, 5.74) is 1.24. The fourth-order valence-corrected chi connectivity index (χ4v) is 3.14. The number of furan rings is 1. The van der Waals surface area contributed by atoms with Gasteiger partial charge >= 0.3 is 0 Å². The zero-order chi connectivity index (χ0) is 15.5. The van der Waals surface area contributed by atoms with Crippen LogP contribution < -0.4 is 10.6 Å². The largest absolute Gasteiger partial charge is 0.469 e. The van der Waals surface area contributed by atoms with E-state index in [1.807, 2.05) is 25.1 Å². The van der Waals surface area contributed by atoms with Crippen molar-refractivity contribution in [2.75, 3.05) is 11.9 Å². The van der Waals surface area contributed by atoms with Crippen LogP contribution in [0, 0.1) is 0 Å². The number of amides is 2. The minimum atomic E-state index is -0.160. The van der Waals surface area contributed by atoms with Crippen molar-refractivity contribution in [2.24, 2.45) is 0 Å². The number of carbonyl (C=O) groups excluding carboxylic acids is 2. The van der Waals surface area contributed by atoms with Gasteiger partial charge < -0.3 is 15.1 Å². The van der Waals surface area contributed by atoms with Crippen molar-refractivity contribution in [3.63, 3.8) is 0 Å². The van der Waals surface area contributed by atoms with Crippen LogP contribution in [-0.2, 0) is 11.2 Å². The molecule has 114 valence electrons. The van der Waals surface area contributed by atoms with Crippen LogP contribution in [-0.4, -0.2) is 23.6 Å². The molecular weight excluding hydrogens is 300 g/mol. The van der Waals surface area contributed by atoms with Gasteiger partial charge in [-0.25, -0.2) is 0 Å². The Morgan fingerprint density at radius 3 is 3.05 bits per heavy atom. The van der Waals surface area contributed by atoms with Crippen LogP contribution in [0.1, 0.15) is 23.0 Å². The zero-order valence-corrected chi connectivity index (χ0v) is 12.9. The first-order valence-corrected chi connectivity index (χ1v) is 7.93. The molecule has 3 rings (SSSR count). The Kier molecular flexibility index (Phi) is 4.20. The van der Waals surface area contributed by atoms with E-state index in [0.717, 1.165) is 10.7 Å². The van der Waals surface area contributed by atoms with Gasteiger partial charge in [0, 0.05) is 23.4 Å². The van der Waals surface area contributed by atoms with Gasteiger partial charge in [-0.1, -0.05) is 0 Å². The van der Waals surface area contributed by atoms with E-state index in [1.165, 1.54) is 11.8 Å². The van der Waals surface area contributed by atoms with Crippen LogP contribution in [0.25, 0.3) is 0 Å². The molecule has 2 amide bonds. The highest BCUT2D eigenvalue weighted by molar-refractivity contribution is 8.00. The highest BCUT2D eigenvalue weighted by Gasteiger charge is 2.23. The Morgan fingerprint density at radius 2 is 2.27 bits per heavy atom. The van der Waals surface area contributed by atoms with Crippen LogP contribution in [0.5, 0.6) is 0 Å². The summed E-state index contributed by atoms with van der Waals surface area (Å²) in [6, 6.07) is 9.06. The zero-order valence-electron chi connectivity index (χ0n) is 12.1. The number of rotatable bonds is 4. The summed E-state index contributed by atoms with van der Waals surface area (Å²) in [4.78, 5) is 24.8. The monoisotopic (exact) mass is 316 g/mol. The lowest BCUT2D eigenvalue weighted by Gasteiger charge is -2.21. The van der Waals surface area contributed by atoms with Crippen molar-refractivity contribution in [2.45, 2.75) is 23.5 Å². The summed E-state index contributed by atoms with van der Waals surface area (Å²) in [5, 5.41) is 5.56. The Labute approximate surface area is 132 Å². The third kappa shape index (κ3) is 3.17. The van der Waals surface area contributed by atoms with Crippen molar-refractivity contribution in [3.8, 4) is 0 Å². The van der Waals surface area contributed by atoms with E-state index in [9.17, 15) is 9.59 Å². The minimum absolute atomic E-state index is 0.0344. The number of hydrogen-bond acceptors (Lipinski definition) is 4. The second-order valence-corrected chi connectivity index (χ2v) is 6.43. The summed E-state index contributed by atoms with van der Waals surface area (Å²) >= 11 is 1.50. The van der Waals surface area contributed by atoms with Crippen LogP contribution >= 0.6 is 11.8 Å². The average molecular weight is 316 g/mol. The van der Waals surface area contributed by atoms with Gasteiger partial charge in [0.25, 0.3) is 5.91 Å². The number of carbonyl (C=O) groups is 2. The van der Waals surface area contributed by atoms with E-state index in [4.69, 9.17) is 4.42 Å². The van der Waals surface area contributed by atoms with Gasteiger partial charge in [-0.05, 0) is 37.3 Å². The number of fused-ring (bicyclic) bond motifs is 1. The molecule has 5 nitrogen and oxygen atoms in total. The van der Waals surface area contributed by atoms with Crippen molar-refractivity contribution < 1.29 is 14.0 Å². The number of nitrogens with one attached hydrogen (secondary N) is 2. The molecule has 2 heterocycles. The lowest BCUT2D eigenvalue weighted by Crippen LogP contribution is -2.28. The van der Waals surface area contributed by atoms with Crippen LogP contribution in [0.2, 0.25) is 0 Å². The first-order chi connectivity index (χ1) is 10.6. The van der Waals surface area contributed by atoms with E-state index in [1.54, 1.807) is 18.4 Å². The van der Waals surface area contributed by atoms with Crippen LogP contribution in [0.15, 0.2) is 45.9 Å². The number of anilines is 1. The Bertz CT molecular complexity index is 697. The SMILES string of the molecule is C[C@@H]1Sc2ccc(C(=O)NCCc3ccco3)cc2NC1=O. The van der Waals surface area contributed by atoms with E-state index in [-0.39, 0.29) is 17.1 Å². The number of thioether (sulfide) groups is 1. The molecule has 0 aliphatic carbocycles. The quantitative estimate of drug-likeness (QED) is 0.910. The van der Waals surface area contributed by atoms with Gasteiger partial charge in [0.05, 0.1) is 17.2 Å². The second-order valence-electron chi connectivity index (χ2n) is 5.05. The summed E-state index contributed by atoms with van der Waals surface area (Å²) in [6.07, 6.45) is 2.26. The predicted octanol–water partition coefficient (Wildman–Crippen LogP) is 2.68. The third-order valence-electron chi connectivity index (χ3n) is 3.41. The first-order valence-electron chi connectivity index (χ1n) is 7.05. The highest BCUT2D eigenvalue weighted by Crippen LogP contribution is 2.35. The van der Waals surface area contributed by atoms with Crippen molar-refractivity contribution in [1.82, 2.24) is 5.32 Å². The number of hydrogen-bond donors (Lipinski definition) is 2. The van der Waals surface area contributed by atoms with Gasteiger partial charge in [-0.15, -0.1) is 11.8 Å². The molecule has 0 bridgehead atoms. The Balaban J connectivity index is 1.63. The molecule has 2 aromatic rings. The summed E-state index contributed by atoms with van der Waals surface area (Å²) < 4.78 is 5.22. The molecule has 1 aromatic carbocycles. The topological polar surface area (TPSA) is 71.3 Å². The molecule has 0 saturated heterocycles. The Morgan fingerprint density at radius 1 is 1.41 bits per heavy atom. The molecule has 0 fully saturated rings. The standard InChI is InChI=1S/C16H16N2O3S/c1-10-15(19)18-13-9-11(4-5-14(13)22-10)16(20)17-7-6-12-3-2-8-21-12/h2-5,8-10H,6-7H2,1H3,(H,17,20)(H,18,19)/t10-/m0/s1. The van der Waals surface area contributed by atoms with Crippen molar-refractivity contribution >= 4 is 29.3 Å². The smallest absolute Gasteiger partial charge is 0.251 e. The van der Waals surface area contributed by atoms with Gasteiger partial charge in [0.1, 0.15) is 5.76 Å². The van der Waals surface area contributed by atoms with Crippen molar-refractivity contribution in [3.05, 3.63) is 47.9 Å². The predicted molar refractivity (Wildman–Crippen MR) is 85.1 cm³/mol. The molecule has 0 saturated carbocycles. The molecule has 0 radical (unpaired) electrons. The highest BCUT2D eigenvalue weighted by atomic mass is 32.2. The second kappa shape index (κ2) is 6.27. The minimum Gasteiger partial charge on any atom is -0.469 e. The van der Waals surface area contributed by atoms with E-state index < -0.39 is 0 Å². The molecule has 0 spiro atoms. The molecular formula is C16H16N2O3S. The maximum atomic E-state index is 12.1. The van der Waals surface area contributed by atoms with Gasteiger partial charge in [0.15, 0.2) is 0 Å². The maximum absolute atomic E-state index is 12.1. The fraction of sp³-hybridized carbons (Fsp3) is 0.250. The molecule has 1 aromatic heterocycles. The Hall–Kier alpha value is -2.21. The summed E-state index contributed by atoms with van der Waals surface area (Å²) in [7, 11) is 0. The molecule has 1 atom stereocenters. The van der Waals surface area contributed by atoms with Gasteiger partial charge in [-0.3, -0.25) is 9.59 Å². The lowest BCUT2D eigenvalue weighted by atomic mass is 10.1. The molecule has 1 aliphatic rings. The maximum Gasteiger partial charge on any atom is 0.251 e. The average Bonchev–Trinajstić information content (AvgIpc) is 3.01. The lowest BCUT2D eigenvalue weighted by molar-refractivity contribution is -0.115. The number of benzene rings is 1.